The summed E-state index contributed by atoms with van der Waals surface area (Å²) in [7, 11) is 5.96. The molecule has 1 aromatic carbocycles. The summed E-state index contributed by atoms with van der Waals surface area (Å²) in [4.78, 5) is 18.5. The van der Waals surface area contributed by atoms with Gasteiger partial charge < -0.3 is 14.8 Å². The van der Waals surface area contributed by atoms with Crippen molar-refractivity contribution in [3.8, 4) is 0 Å². The van der Waals surface area contributed by atoms with Crippen molar-refractivity contribution < 1.29 is 4.79 Å². The van der Waals surface area contributed by atoms with Crippen LogP contribution in [0.5, 0.6) is 0 Å². The van der Waals surface area contributed by atoms with Gasteiger partial charge in [-0.2, -0.15) is 0 Å². The van der Waals surface area contributed by atoms with Crippen LogP contribution in [0.1, 0.15) is 37.2 Å². The molecule has 5 heteroatoms. The van der Waals surface area contributed by atoms with Gasteiger partial charge in [-0.15, -0.1) is 0 Å². The topological polar surface area (TPSA) is 50.2 Å². The van der Waals surface area contributed by atoms with Gasteiger partial charge >= 0.3 is 0 Å². The number of anilines is 1. The van der Waals surface area contributed by atoms with Crippen molar-refractivity contribution in [3.05, 3.63) is 48.0 Å². The Morgan fingerprint density at radius 2 is 2.00 bits per heavy atom. The zero-order valence-electron chi connectivity index (χ0n) is 13.7. The first-order valence-corrected chi connectivity index (χ1v) is 7.56. The van der Waals surface area contributed by atoms with Gasteiger partial charge in [-0.05, 0) is 24.1 Å². The largest absolute Gasteiger partial charge is 0.378 e. The molecule has 1 amide bonds. The second kappa shape index (κ2) is 7.11. The van der Waals surface area contributed by atoms with E-state index in [-0.39, 0.29) is 11.9 Å². The van der Waals surface area contributed by atoms with Crippen molar-refractivity contribution >= 4 is 11.6 Å². The molecule has 0 aliphatic heterocycles. The Balaban J connectivity index is 2.31. The number of nitrogens with one attached hydrogen (secondary N) is 1. The fourth-order valence-electron chi connectivity index (χ4n) is 2.38. The Hall–Kier alpha value is -2.30. The molecule has 1 heterocycles. The zero-order chi connectivity index (χ0) is 16.1. The van der Waals surface area contributed by atoms with Crippen LogP contribution >= 0.6 is 0 Å². The molecule has 1 atom stereocenters. The van der Waals surface area contributed by atoms with Crippen LogP contribution in [0, 0.1) is 0 Å². The third-order valence-corrected chi connectivity index (χ3v) is 3.64. The molecule has 22 heavy (non-hydrogen) atoms. The van der Waals surface area contributed by atoms with E-state index in [1.807, 2.05) is 51.0 Å². The van der Waals surface area contributed by atoms with Gasteiger partial charge in [-0.1, -0.05) is 19.1 Å². The fourth-order valence-corrected chi connectivity index (χ4v) is 2.38. The molecule has 0 spiro atoms. The number of hydrogen-bond acceptors (Lipinski definition) is 3. The molecule has 0 aliphatic carbocycles. The van der Waals surface area contributed by atoms with E-state index in [9.17, 15) is 4.79 Å². The third kappa shape index (κ3) is 3.67. The van der Waals surface area contributed by atoms with E-state index in [0.717, 1.165) is 23.5 Å². The monoisotopic (exact) mass is 300 g/mol. The lowest BCUT2D eigenvalue weighted by molar-refractivity contribution is -0.121. The molecular formula is C17H24N4O. The van der Waals surface area contributed by atoms with Crippen LogP contribution in [0.2, 0.25) is 0 Å². The number of aromatic nitrogens is 2. The van der Waals surface area contributed by atoms with Gasteiger partial charge in [0.15, 0.2) is 0 Å². The average molecular weight is 300 g/mol. The maximum Gasteiger partial charge on any atom is 0.220 e. The van der Waals surface area contributed by atoms with Crippen LogP contribution in [0.15, 0.2) is 36.7 Å². The van der Waals surface area contributed by atoms with Gasteiger partial charge in [-0.25, -0.2) is 4.98 Å². The lowest BCUT2D eigenvalue weighted by Crippen LogP contribution is -2.30. The Morgan fingerprint density at radius 1 is 1.32 bits per heavy atom. The predicted octanol–water partition coefficient (Wildman–Crippen LogP) is 2.49. The molecule has 2 rings (SSSR count). The number of aryl methyl sites for hydroxylation is 1. The molecule has 2 aromatic rings. The van der Waals surface area contributed by atoms with Gasteiger partial charge in [0.05, 0.1) is 0 Å². The highest BCUT2D eigenvalue weighted by atomic mass is 16.1. The van der Waals surface area contributed by atoms with E-state index >= 15 is 0 Å². The Labute approximate surface area is 132 Å². The van der Waals surface area contributed by atoms with E-state index in [2.05, 4.69) is 27.3 Å². The first kappa shape index (κ1) is 16.1. The maximum atomic E-state index is 12.1. The molecule has 0 aliphatic rings. The zero-order valence-corrected chi connectivity index (χ0v) is 13.7. The van der Waals surface area contributed by atoms with Gasteiger partial charge in [0, 0.05) is 45.6 Å². The highest BCUT2D eigenvalue weighted by molar-refractivity contribution is 5.76. The third-order valence-electron chi connectivity index (χ3n) is 3.64. The standard InChI is InChI=1S/C17H24N4O/c1-5-6-15(22)19-16(17-18-11-12-21(17)4)13-7-9-14(10-8-13)20(2)3/h7-12,16H,5-6H2,1-4H3,(H,19,22). The van der Waals surface area contributed by atoms with E-state index < -0.39 is 0 Å². The maximum absolute atomic E-state index is 12.1. The number of rotatable bonds is 6. The Morgan fingerprint density at radius 3 is 2.50 bits per heavy atom. The Bertz CT molecular complexity index is 616. The van der Waals surface area contributed by atoms with Crippen molar-refractivity contribution in [3.63, 3.8) is 0 Å². The smallest absolute Gasteiger partial charge is 0.220 e. The second-order valence-electron chi connectivity index (χ2n) is 5.63. The molecular weight excluding hydrogens is 276 g/mol. The number of nitrogens with zero attached hydrogens (tertiary/aromatic N) is 3. The average Bonchev–Trinajstić information content (AvgIpc) is 2.91. The normalized spacial score (nSPS) is 12.0. The molecule has 1 N–H and O–H groups in total. The van der Waals surface area contributed by atoms with E-state index in [1.54, 1.807) is 6.20 Å². The minimum Gasteiger partial charge on any atom is -0.378 e. The van der Waals surface area contributed by atoms with Crippen LogP contribution in [0.3, 0.4) is 0 Å². The van der Waals surface area contributed by atoms with Crippen LogP contribution < -0.4 is 10.2 Å². The van der Waals surface area contributed by atoms with Gasteiger partial charge in [-0.3, -0.25) is 4.79 Å². The SMILES string of the molecule is CCCC(=O)NC(c1ccc(N(C)C)cc1)c1nccn1C. The minimum absolute atomic E-state index is 0.0483. The molecule has 0 radical (unpaired) electrons. The number of carbonyl (C=O) groups excluding carboxylic acids is 1. The molecule has 0 bridgehead atoms. The second-order valence-corrected chi connectivity index (χ2v) is 5.63. The first-order chi connectivity index (χ1) is 10.5. The van der Waals surface area contributed by atoms with Gasteiger partial charge in [0.25, 0.3) is 0 Å². The minimum atomic E-state index is -0.227. The van der Waals surface area contributed by atoms with Crippen LogP contribution in [0.25, 0.3) is 0 Å². The van der Waals surface area contributed by atoms with Crippen molar-refractivity contribution in [1.82, 2.24) is 14.9 Å². The number of carbonyl (C=O) groups is 1. The fraction of sp³-hybridized carbons (Fsp3) is 0.412. The quantitative estimate of drug-likeness (QED) is 0.891. The van der Waals surface area contributed by atoms with Crippen LogP contribution in [-0.2, 0) is 11.8 Å². The van der Waals surface area contributed by atoms with Crippen molar-refractivity contribution in [2.75, 3.05) is 19.0 Å². The summed E-state index contributed by atoms with van der Waals surface area (Å²) >= 11 is 0. The highest BCUT2D eigenvalue weighted by Crippen LogP contribution is 2.23. The van der Waals surface area contributed by atoms with E-state index in [1.165, 1.54) is 0 Å². The number of hydrogen-bond donors (Lipinski definition) is 1. The summed E-state index contributed by atoms with van der Waals surface area (Å²) in [5.41, 5.74) is 2.16. The molecule has 0 saturated heterocycles. The molecule has 0 saturated carbocycles. The molecule has 0 fully saturated rings. The molecule has 1 unspecified atom stereocenters. The number of benzene rings is 1. The van der Waals surface area contributed by atoms with Crippen molar-refractivity contribution in [2.24, 2.45) is 7.05 Å². The lowest BCUT2D eigenvalue weighted by Gasteiger charge is -2.20. The van der Waals surface area contributed by atoms with Gasteiger partial charge in [0.1, 0.15) is 11.9 Å². The summed E-state index contributed by atoms with van der Waals surface area (Å²) in [6.45, 7) is 2.00. The van der Waals surface area contributed by atoms with Gasteiger partial charge in [0.2, 0.25) is 5.91 Å². The van der Waals surface area contributed by atoms with Crippen LogP contribution in [-0.4, -0.2) is 29.6 Å². The highest BCUT2D eigenvalue weighted by Gasteiger charge is 2.20. The molecule has 5 nitrogen and oxygen atoms in total. The lowest BCUT2D eigenvalue weighted by atomic mass is 10.0. The summed E-state index contributed by atoms with van der Waals surface area (Å²) in [6.07, 6.45) is 5.00. The van der Waals surface area contributed by atoms with Crippen molar-refractivity contribution in [2.45, 2.75) is 25.8 Å². The molecule has 118 valence electrons. The summed E-state index contributed by atoms with van der Waals surface area (Å²) < 4.78 is 1.94. The van der Waals surface area contributed by atoms with E-state index in [4.69, 9.17) is 0 Å². The first-order valence-electron chi connectivity index (χ1n) is 7.56. The predicted molar refractivity (Wildman–Crippen MR) is 88.9 cm³/mol. The summed E-state index contributed by atoms with van der Waals surface area (Å²) in [6, 6.07) is 7.96. The summed E-state index contributed by atoms with van der Waals surface area (Å²) in [5.74, 6) is 0.884. The molecule has 1 aromatic heterocycles. The Kier molecular flexibility index (Phi) is 5.20. The summed E-state index contributed by atoms with van der Waals surface area (Å²) in [5, 5.41) is 3.09. The van der Waals surface area contributed by atoms with E-state index in [0.29, 0.717) is 6.42 Å². The number of amides is 1. The van der Waals surface area contributed by atoms with Crippen molar-refractivity contribution in [1.29, 1.82) is 0 Å². The van der Waals surface area contributed by atoms with Crippen LogP contribution in [0.4, 0.5) is 5.69 Å². The number of imidazole rings is 1.